The monoisotopic (exact) mass is 357 g/mol. The molecule has 0 spiro atoms. The van der Waals surface area contributed by atoms with Crippen LogP contribution >= 0.6 is 0 Å². The van der Waals surface area contributed by atoms with Crippen LogP contribution in [0.5, 0.6) is 0 Å². The zero-order chi connectivity index (χ0) is 18.7. The average molecular weight is 357 g/mol. The van der Waals surface area contributed by atoms with Gasteiger partial charge in [0.15, 0.2) is 0 Å². The zero-order valence-electron chi connectivity index (χ0n) is 14.1. The third-order valence-corrected chi connectivity index (χ3v) is 3.82. The summed E-state index contributed by atoms with van der Waals surface area (Å²) < 4.78 is 41.1. The van der Waals surface area contributed by atoms with E-state index in [4.69, 9.17) is 5.53 Å². The molecule has 1 atom stereocenters. The van der Waals surface area contributed by atoms with Gasteiger partial charge in [0.25, 0.3) is 0 Å². The second-order valence-corrected chi connectivity index (χ2v) is 5.75. The topological polar surface area (TPSA) is 75.1 Å². The van der Waals surface area contributed by atoms with E-state index in [1.807, 2.05) is 24.3 Å². The molecule has 0 saturated heterocycles. The molecule has 0 heterocycles. The minimum atomic E-state index is -4.15. The molecule has 0 radical (unpaired) electrons. The highest BCUT2D eigenvalue weighted by atomic mass is 19.4. The molecule has 0 fully saturated rings. The van der Waals surface area contributed by atoms with Crippen molar-refractivity contribution in [2.24, 2.45) is 5.11 Å². The summed E-state index contributed by atoms with van der Waals surface area (Å²) in [4.78, 5) is 13.9. The fourth-order valence-electron chi connectivity index (χ4n) is 2.46. The van der Waals surface area contributed by atoms with Crippen LogP contribution < -0.4 is 0 Å². The molecule has 138 valence electrons. The highest BCUT2D eigenvalue weighted by Gasteiger charge is 2.26. The molecule has 0 bridgehead atoms. The van der Waals surface area contributed by atoms with Gasteiger partial charge in [-0.3, -0.25) is 4.79 Å². The Hall–Kier alpha value is -2.21. The normalized spacial score (nSPS) is 12.3. The highest BCUT2D eigenvalue weighted by Crippen LogP contribution is 2.28. The van der Waals surface area contributed by atoms with Gasteiger partial charge in [0.1, 0.15) is 0 Å². The van der Waals surface area contributed by atoms with Crippen molar-refractivity contribution in [3.8, 4) is 0 Å². The van der Waals surface area contributed by atoms with E-state index in [-0.39, 0.29) is 12.4 Å². The van der Waals surface area contributed by atoms with E-state index in [2.05, 4.69) is 14.8 Å². The van der Waals surface area contributed by atoms with Crippen LogP contribution in [0.15, 0.2) is 29.4 Å². The van der Waals surface area contributed by atoms with Crippen LogP contribution in [0.25, 0.3) is 10.4 Å². The molecule has 5 nitrogen and oxygen atoms in total. The Balaban J connectivity index is 2.53. The van der Waals surface area contributed by atoms with Crippen molar-refractivity contribution in [2.75, 3.05) is 7.11 Å². The van der Waals surface area contributed by atoms with Crippen molar-refractivity contribution in [2.45, 2.75) is 57.2 Å². The van der Waals surface area contributed by atoms with Gasteiger partial charge in [-0.05, 0) is 42.3 Å². The average Bonchev–Trinajstić information content (AvgIpc) is 2.57. The first-order valence-electron chi connectivity index (χ1n) is 8.12. The van der Waals surface area contributed by atoms with E-state index in [1.165, 1.54) is 7.11 Å². The number of halogens is 3. The second kappa shape index (κ2) is 10.6. The van der Waals surface area contributed by atoms with Crippen LogP contribution in [0, 0.1) is 0 Å². The fourth-order valence-corrected chi connectivity index (χ4v) is 2.46. The predicted octanol–water partition coefficient (Wildman–Crippen LogP) is 5.66. The van der Waals surface area contributed by atoms with Gasteiger partial charge in [0.05, 0.1) is 13.2 Å². The van der Waals surface area contributed by atoms with Crippen LogP contribution in [0.4, 0.5) is 13.2 Å². The van der Waals surface area contributed by atoms with Crippen molar-refractivity contribution in [1.29, 1.82) is 0 Å². The largest absolute Gasteiger partial charge is 0.469 e. The molecule has 0 saturated carbocycles. The number of esters is 1. The molecular formula is C17H22F3N3O2. The molecule has 1 aromatic rings. The van der Waals surface area contributed by atoms with E-state index in [0.29, 0.717) is 32.1 Å². The number of rotatable bonds is 10. The Morgan fingerprint density at radius 2 is 1.92 bits per heavy atom. The summed E-state index contributed by atoms with van der Waals surface area (Å²) in [5, 5.41) is 3.69. The maximum atomic E-state index is 12.2. The highest BCUT2D eigenvalue weighted by molar-refractivity contribution is 5.69. The smallest absolute Gasteiger partial charge is 0.389 e. The second-order valence-electron chi connectivity index (χ2n) is 5.75. The van der Waals surface area contributed by atoms with Gasteiger partial charge in [-0.15, -0.1) is 0 Å². The number of hydrogen-bond donors (Lipinski definition) is 0. The first-order chi connectivity index (χ1) is 11.9. The number of aryl methyl sites for hydroxylation is 1. The lowest BCUT2D eigenvalue weighted by molar-refractivity contribution is -0.140. The molecule has 25 heavy (non-hydrogen) atoms. The lowest BCUT2D eigenvalue weighted by Gasteiger charge is -2.13. The van der Waals surface area contributed by atoms with Crippen LogP contribution in [0.3, 0.4) is 0 Å². The molecule has 8 heteroatoms. The summed E-state index contributed by atoms with van der Waals surface area (Å²) in [5.41, 5.74) is 10.5. The number of azide groups is 1. The molecule has 0 N–H and O–H groups in total. The Bertz CT molecular complexity index is 582. The summed E-state index contributed by atoms with van der Waals surface area (Å²) in [5.74, 6) is -0.251. The minimum absolute atomic E-state index is 0.0204. The molecule has 0 aromatic heterocycles. The SMILES string of the molecule is COC(=O)CCCc1ccc(C(CCCCC(F)(F)F)N=[N+]=[N-])cc1. The van der Waals surface area contributed by atoms with Gasteiger partial charge < -0.3 is 4.74 Å². The first kappa shape index (κ1) is 20.8. The molecule has 0 aliphatic carbocycles. The third kappa shape index (κ3) is 9.00. The molecule has 1 unspecified atom stereocenters. The van der Waals surface area contributed by atoms with Gasteiger partial charge >= 0.3 is 12.1 Å². The Labute approximate surface area is 144 Å². The number of nitrogens with zero attached hydrogens (tertiary/aromatic N) is 3. The van der Waals surface area contributed by atoms with Gasteiger partial charge in [0, 0.05) is 17.8 Å². The lowest BCUT2D eigenvalue weighted by atomic mass is 9.98. The maximum Gasteiger partial charge on any atom is 0.389 e. The fraction of sp³-hybridized carbons (Fsp3) is 0.588. The van der Waals surface area contributed by atoms with E-state index < -0.39 is 18.6 Å². The molecule has 0 aliphatic rings. The molecule has 0 amide bonds. The number of hydrogen-bond acceptors (Lipinski definition) is 3. The van der Waals surface area contributed by atoms with Crippen molar-refractivity contribution in [3.63, 3.8) is 0 Å². The summed E-state index contributed by atoms with van der Waals surface area (Å²) in [6.45, 7) is 0. The van der Waals surface area contributed by atoms with Crippen LogP contribution in [0.1, 0.15) is 55.7 Å². The van der Waals surface area contributed by atoms with Crippen molar-refractivity contribution < 1.29 is 22.7 Å². The number of methoxy groups -OCH3 is 1. The standard InChI is InChI=1S/C17H22F3N3O2/c1-25-16(24)7-4-5-13-8-10-14(11-9-13)15(22-23-21)6-2-3-12-17(18,19)20/h8-11,15H,2-7,12H2,1H3. The maximum absolute atomic E-state index is 12.2. The van der Waals surface area contributed by atoms with Gasteiger partial charge in [0.2, 0.25) is 0 Å². The Morgan fingerprint density at radius 1 is 1.24 bits per heavy atom. The van der Waals surface area contributed by atoms with E-state index in [1.54, 1.807) is 0 Å². The number of benzene rings is 1. The number of alkyl halides is 3. The lowest BCUT2D eigenvalue weighted by Crippen LogP contribution is -2.06. The molecule has 1 aromatic carbocycles. The molecule has 1 rings (SSSR count). The predicted molar refractivity (Wildman–Crippen MR) is 87.8 cm³/mol. The summed E-state index contributed by atoms with van der Waals surface area (Å²) in [6, 6.07) is 6.92. The van der Waals surface area contributed by atoms with E-state index in [0.717, 1.165) is 11.1 Å². The van der Waals surface area contributed by atoms with Gasteiger partial charge in [-0.1, -0.05) is 35.8 Å². The Kier molecular flexibility index (Phi) is 8.84. The number of carbonyl (C=O) groups excluding carboxylic acids is 1. The number of unbranched alkanes of at least 4 members (excludes halogenated alkanes) is 1. The summed E-state index contributed by atoms with van der Waals surface area (Å²) in [7, 11) is 1.35. The third-order valence-electron chi connectivity index (χ3n) is 3.82. The zero-order valence-corrected chi connectivity index (χ0v) is 14.1. The van der Waals surface area contributed by atoms with Crippen molar-refractivity contribution >= 4 is 5.97 Å². The number of ether oxygens (including phenoxy) is 1. The summed E-state index contributed by atoms with van der Waals surface area (Å²) in [6.07, 6.45) is -2.51. The molecule has 0 aliphatic heterocycles. The van der Waals surface area contributed by atoms with Crippen molar-refractivity contribution in [3.05, 3.63) is 45.8 Å². The van der Waals surface area contributed by atoms with Crippen LogP contribution in [-0.4, -0.2) is 19.3 Å². The quantitative estimate of drug-likeness (QED) is 0.178. The van der Waals surface area contributed by atoms with Crippen LogP contribution in [0.2, 0.25) is 0 Å². The summed E-state index contributed by atoms with van der Waals surface area (Å²) >= 11 is 0. The number of carbonyl (C=O) groups is 1. The van der Waals surface area contributed by atoms with Crippen LogP contribution in [-0.2, 0) is 16.0 Å². The molecular weight excluding hydrogens is 335 g/mol. The van der Waals surface area contributed by atoms with Crippen molar-refractivity contribution in [1.82, 2.24) is 0 Å². The van der Waals surface area contributed by atoms with Gasteiger partial charge in [-0.2, -0.15) is 13.2 Å². The van der Waals surface area contributed by atoms with E-state index in [9.17, 15) is 18.0 Å². The first-order valence-corrected chi connectivity index (χ1v) is 8.12. The van der Waals surface area contributed by atoms with Gasteiger partial charge in [-0.25, -0.2) is 0 Å². The minimum Gasteiger partial charge on any atom is -0.469 e. The Morgan fingerprint density at radius 3 is 2.48 bits per heavy atom. The van der Waals surface area contributed by atoms with E-state index >= 15 is 0 Å².